The van der Waals surface area contributed by atoms with Gasteiger partial charge >= 0.3 is 0 Å². The van der Waals surface area contributed by atoms with Crippen molar-refractivity contribution >= 4 is 10.9 Å². The monoisotopic (exact) mass is 215 g/mol. The quantitative estimate of drug-likeness (QED) is 0.659. The molecule has 0 amide bonds. The molecule has 1 aromatic carbocycles. The van der Waals surface area contributed by atoms with E-state index >= 15 is 0 Å². The van der Waals surface area contributed by atoms with Crippen LogP contribution in [0.5, 0.6) is 0 Å². The van der Waals surface area contributed by atoms with E-state index in [2.05, 4.69) is 69.6 Å². The maximum atomic E-state index is 2.37. The van der Waals surface area contributed by atoms with Gasteiger partial charge in [-0.05, 0) is 36.3 Å². The maximum absolute atomic E-state index is 2.37. The minimum Gasteiger partial charge on any atom is -0.345 e. The van der Waals surface area contributed by atoms with Gasteiger partial charge in [0.05, 0.1) is 5.52 Å². The fourth-order valence-corrected chi connectivity index (χ4v) is 2.25. The zero-order valence-electron chi connectivity index (χ0n) is 10.9. The summed E-state index contributed by atoms with van der Waals surface area (Å²) in [5.41, 5.74) is 3.03. The lowest BCUT2D eigenvalue weighted by Crippen LogP contribution is -2.13. The first kappa shape index (κ1) is 11.3. The van der Waals surface area contributed by atoms with Gasteiger partial charge in [-0.1, -0.05) is 39.0 Å². The van der Waals surface area contributed by atoms with E-state index in [1.165, 1.54) is 16.5 Å². The average molecular weight is 215 g/mol. The highest BCUT2D eigenvalue weighted by Gasteiger charge is 2.19. The smallest absolute Gasteiger partial charge is 0.0520 e. The Morgan fingerprint density at radius 1 is 1.06 bits per heavy atom. The molecule has 2 rings (SSSR count). The Labute approximate surface area is 98.1 Å². The lowest BCUT2D eigenvalue weighted by molar-refractivity contribution is 0.577. The summed E-state index contributed by atoms with van der Waals surface area (Å²) in [6.07, 6.45) is 2.20. The van der Waals surface area contributed by atoms with Crippen molar-refractivity contribution in [2.45, 2.75) is 46.1 Å². The molecule has 0 radical (unpaired) electrons. The normalized spacial score (nSPS) is 12.6. The van der Waals surface area contributed by atoms with Crippen molar-refractivity contribution in [3.63, 3.8) is 0 Å². The van der Waals surface area contributed by atoms with Crippen LogP contribution in [-0.4, -0.2) is 4.57 Å². The molecule has 0 aliphatic rings. The van der Waals surface area contributed by atoms with Crippen molar-refractivity contribution in [2.75, 3.05) is 0 Å². The fourth-order valence-electron chi connectivity index (χ4n) is 2.25. The molecule has 1 heterocycles. The van der Waals surface area contributed by atoms with Crippen LogP contribution >= 0.6 is 0 Å². The predicted octanol–water partition coefficient (Wildman–Crippen LogP) is 4.52. The lowest BCUT2D eigenvalue weighted by Gasteiger charge is -2.22. The standard InChI is InChI=1S/C15H21N/c1-11(2)16-10-9-12-7-6-8-13(14(12)16)15(3,4)5/h6-11H,1-5H3. The maximum Gasteiger partial charge on any atom is 0.0520 e. The molecule has 0 N–H and O–H groups in total. The molecule has 0 atom stereocenters. The van der Waals surface area contributed by atoms with Gasteiger partial charge in [-0.15, -0.1) is 0 Å². The molecule has 86 valence electrons. The Morgan fingerprint density at radius 2 is 1.75 bits per heavy atom. The van der Waals surface area contributed by atoms with E-state index in [1.807, 2.05) is 0 Å². The van der Waals surface area contributed by atoms with Gasteiger partial charge in [-0.25, -0.2) is 0 Å². The summed E-state index contributed by atoms with van der Waals surface area (Å²) in [6, 6.07) is 9.34. The topological polar surface area (TPSA) is 4.93 Å². The second-order valence-electron chi connectivity index (χ2n) is 5.81. The van der Waals surface area contributed by atoms with E-state index in [-0.39, 0.29) is 5.41 Å². The van der Waals surface area contributed by atoms with Crippen LogP contribution in [0.25, 0.3) is 10.9 Å². The third-order valence-corrected chi connectivity index (χ3v) is 3.10. The van der Waals surface area contributed by atoms with Crippen LogP contribution in [0.1, 0.15) is 46.2 Å². The largest absolute Gasteiger partial charge is 0.345 e. The minimum absolute atomic E-state index is 0.199. The van der Waals surface area contributed by atoms with Crippen LogP contribution in [0.3, 0.4) is 0 Å². The second-order valence-corrected chi connectivity index (χ2v) is 5.81. The first-order valence-electron chi connectivity index (χ1n) is 6.01. The number of nitrogens with zero attached hydrogens (tertiary/aromatic N) is 1. The molecule has 1 nitrogen and oxygen atoms in total. The Balaban J connectivity index is 2.79. The number of hydrogen-bond acceptors (Lipinski definition) is 0. The molecule has 0 aliphatic heterocycles. The van der Waals surface area contributed by atoms with Gasteiger partial charge < -0.3 is 4.57 Å². The van der Waals surface area contributed by atoms with E-state index in [4.69, 9.17) is 0 Å². The third kappa shape index (κ3) is 1.75. The fraction of sp³-hybridized carbons (Fsp3) is 0.467. The van der Waals surface area contributed by atoms with Gasteiger partial charge in [-0.3, -0.25) is 0 Å². The molecule has 0 unspecified atom stereocenters. The summed E-state index contributed by atoms with van der Waals surface area (Å²) >= 11 is 0. The first-order chi connectivity index (χ1) is 7.41. The molecule has 2 aromatic rings. The van der Waals surface area contributed by atoms with E-state index in [9.17, 15) is 0 Å². The van der Waals surface area contributed by atoms with Crippen molar-refractivity contribution in [1.82, 2.24) is 4.57 Å². The average Bonchev–Trinajstić information content (AvgIpc) is 2.58. The van der Waals surface area contributed by atoms with Gasteiger partial charge in [-0.2, -0.15) is 0 Å². The number of benzene rings is 1. The van der Waals surface area contributed by atoms with E-state index in [0.29, 0.717) is 6.04 Å². The molecule has 16 heavy (non-hydrogen) atoms. The van der Waals surface area contributed by atoms with E-state index < -0.39 is 0 Å². The zero-order valence-corrected chi connectivity index (χ0v) is 10.9. The summed E-state index contributed by atoms with van der Waals surface area (Å²) in [5, 5.41) is 1.35. The molecule has 1 aromatic heterocycles. The van der Waals surface area contributed by atoms with Gasteiger partial charge in [0.2, 0.25) is 0 Å². The summed E-state index contributed by atoms with van der Waals surface area (Å²) in [7, 11) is 0. The molecule has 0 spiro atoms. The Hall–Kier alpha value is -1.24. The highest BCUT2D eigenvalue weighted by Crippen LogP contribution is 2.31. The van der Waals surface area contributed by atoms with Gasteiger partial charge in [0, 0.05) is 12.2 Å². The molecular weight excluding hydrogens is 194 g/mol. The van der Waals surface area contributed by atoms with Crippen molar-refractivity contribution < 1.29 is 0 Å². The van der Waals surface area contributed by atoms with Crippen LogP contribution in [-0.2, 0) is 5.41 Å². The summed E-state index contributed by atoms with van der Waals surface area (Å²) in [6.45, 7) is 11.3. The second kappa shape index (κ2) is 3.65. The van der Waals surface area contributed by atoms with Crippen LogP contribution in [0, 0.1) is 0 Å². The van der Waals surface area contributed by atoms with Crippen LogP contribution in [0.4, 0.5) is 0 Å². The third-order valence-electron chi connectivity index (χ3n) is 3.10. The molecule has 0 saturated heterocycles. The number of hydrogen-bond donors (Lipinski definition) is 0. The molecule has 0 saturated carbocycles. The van der Waals surface area contributed by atoms with Crippen molar-refractivity contribution in [3.05, 3.63) is 36.0 Å². The van der Waals surface area contributed by atoms with E-state index in [1.54, 1.807) is 0 Å². The van der Waals surface area contributed by atoms with Gasteiger partial charge in [0.15, 0.2) is 0 Å². The Morgan fingerprint density at radius 3 is 2.31 bits per heavy atom. The summed E-state index contributed by atoms with van der Waals surface area (Å²) in [5.74, 6) is 0. The number of para-hydroxylation sites is 1. The summed E-state index contributed by atoms with van der Waals surface area (Å²) in [4.78, 5) is 0. The molecule has 0 bridgehead atoms. The SMILES string of the molecule is CC(C)n1ccc2cccc(C(C)(C)C)c21. The predicted molar refractivity (Wildman–Crippen MR) is 71.0 cm³/mol. The van der Waals surface area contributed by atoms with E-state index in [0.717, 1.165) is 0 Å². The molecule has 0 fully saturated rings. The molecule has 1 heteroatoms. The highest BCUT2D eigenvalue weighted by molar-refractivity contribution is 5.84. The first-order valence-corrected chi connectivity index (χ1v) is 6.01. The Bertz CT molecular complexity index is 498. The lowest BCUT2D eigenvalue weighted by atomic mass is 9.85. The highest BCUT2D eigenvalue weighted by atomic mass is 15.0. The minimum atomic E-state index is 0.199. The van der Waals surface area contributed by atoms with Gasteiger partial charge in [0.25, 0.3) is 0 Å². The van der Waals surface area contributed by atoms with Crippen LogP contribution in [0.15, 0.2) is 30.5 Å². The van der Waals surface area contributed by atoms with Crippen molar-refractivity contribution in [2.24, 2.45) is 0 Å². The number of aromatic nitrogens is 1. The number of rotatable bonds is 1. The van der Waals surface area contributed by atoms with Gasteiger partial charge in [0.1, 0.15) is 0 Å². The zero-order chi connectivity index (χ0) is 11.9. The molecule has 0 aliphatic carbocycles. The van der Waals surface area contributed by atoms with Crippen LogP contribution < -0.4 is 0 Å². The van der Waals surface area contributed by atoms with Crippen LogP contribution in [0.2, 0.25) is 0 Å². The molecular formula is C15H21N. The summed E-state index contributed by atoms with van der Waals surface area (Å²) < 4.78 is 2.37. The van der Waals surface area contributed by atoms with Crippen molar-refractivity contribution in [3.8, 4) is 0 Å². The number of fused-ring (bicyclic) bond motifs is 1. The van der Waals surface area contributed by atoms with Crippen molar-refractivity contribution in [1.29, 1.82) is 0 Å². The Kier molecular flexibility index (Phi) is 2.57.